The van der Waals surface area contributed by atoms with Crippen LogP contribution in [0.2, 0.25) is 0 Å². The van der Waals surface area contributed by atoms with Crippen LogP contribution in [0.1, 0.15) is 5.56 Å². The summed E-state index contributed by atoms with van der Waals surface area (Å²) in [7, 11) is 0. The fourth-order valence-electron chi connectivity index (χ4n) is 2.49. The number of carbonyl (C=O) groups excluding carboxylic acids is 1. The summed E-state index contributed by atoms with van der Waals surface area (Å²) in [5.74, 6) is 0.670. The summed E-state index contributed by atoms with van der Waals surface area (Å²) in [4.78, 5) is 11.8. The number of halogens is 1. The second-order valence-electron chi connectivity index (χ2n) is 5.30. The minimum atomic E-state index is -0.451. The summed E-state index contributed by atoms with van der Waals surface area (Å²) < 4.78 is 19.1. The van der Waals surface area contributed by atoms with Crippen molar-refractivity contribution in [2.75, 3.05) is 18.5 Å². The minimum absolute atomic E-state index is 0.172. The largest absolute Gasteiger partial charge is 0.493 e. The molecule has 2 amide bonds. The van der Waals surface area contributed by atoms with Crippen molar-refractivity contribution in [2.45, 2.75) is 6.42 Å². The van der Waals surface area contributed by atoms with Gasteiger partial charge in [0.2, 0.25) is 0 Å². The van der Waals surface area contributed by atoms with Gasteiger partial charge in [0, 0.05) is 12.5 Å². The first kappa shape index (κ1) is 14.4. The number of fused-ring (bicyclic) bond motifs is 1. The van der Waals surface area contributed by atoms with Crippen LogP contribution in [0.3, 0.4) is 0 Å². The summed E-state index contributed by atoms with van der Waals surface area (Å²) in [5, 5.41) is 5.27. The van der Waals surface area contributed by atoms with Gasteiger partial charge in [-0.2, -0.15) is 0 Å². The predicted octanol–water partition coefficient (Wildman–Crippen LogP) is 3.20. The van der Waals surface area contributed by atoms with Crippen molar-refractivity contribution in [3.05, 3.63) is 59.9 Å². The molecule has 3 rings (SSSR count). The van der Waals surface area contributed by atoms with Crippen LogP contribution in [-0.4, -0.2) is 19.2 Å². The quantitative estimate of drug-likeness (QED) is 0.914. The highest BCUT2D eigenvalue weighted by Crippen LogP contribution is 2.26. The molecule has 4 nitrogen and oxygen atoms in total. The molecule has 0 aromatic heterocycles. The fourth-order valence-corrected chi connectivity index (χ4v) is 2.49. The second kappa shape index (κ2) is 6.47. The van der Waals surface area contributed by atoms with E-state index >= 15 is 0 Å². The van der Waals surface area contributed by atoms with Crippen molar-refractivity contribution in [3.8, 4) is 5.75 Å². The minimum Gasteiger partial charge on any atom is -0.493 e. The maximum absolute atomic E-state index is 13.4. The molecule has 114 valence electrons. The Labute approximate surface area is 128 Å². The van der Waals surface area contributed by atoms with Gasteiger partial charge in [0.15, 0.2) is 0 Å². The van der Waals surface area contributed by atoms with E-state index in [-0.39, 0.29) is 11.6 Å². The molecule has 0 fully saturated rings. The van der Waals surface area contributed by atoms with Crippen molar-refractivity contribution >= 4 is 11.7 Å². The number of hydrogen-bond donors (Lipinski definition) is 2. The van der Waals surface area contributed by atoms with Gasteiger partial charge in [-0.3, -0.25) is 0 Å². The fraction of sp³-hybridized carbons (Fsp3) is 0.235. The van der Waals surface area contributed by atoms with Gasteiger partial charge in [-0.1, -0.05) is 30.3 Å². The monoisotopic (exact) mass is 300 g/mol. The second-order valence-corrected chi connectivity index (χ2v) is 5.30. The Balaban J connectivity index is 1.51. The van der Waals surface area contributed by atoms with Gasteiger partial charge in [0.05, 0.1) is 12.3 Å². The number of anilines is 1. The van der Waals surface area contributed by atoms with Crippen LogP contribution in [0.4, 0.5) is 14.9 Å². The summed E-state index contributed by atoms with van der Waals surface area (Å²) >= 11 is 0. The van der Waals surface area contributed by atoms with Crippen LogP contribution in [0, 0.1) is 11.7 Å². The molecule has 2 N–H and O–H groups in total. The molecule has 0 saturated carbocycles. The van der Waals surface area contributed by atoms with Crippen LogP contribution < -0.4 is 15.4 Å². The smallest absolute Gasteiger partial charge is 0.319 e. The Morgan fingerprint density at radius 3 is 2.82 bits per heavy atom. The molecule has 5 heteroatoms. The maximum Gasteiger partial charge on any atom is 0.319 e. The first-order valence-corrected chi connectivity index (χ1v) is 7.22. The summed E-state index contributed by atoms with van der Waals surface area (Å²) in [5.41, 5.74) is 1.32. The Morgan fingerprint density at radius 2 is 1.95 bits per heavy atom. The summed E-state index contributed by atoms with van der Waals surface area (Å²) in [6.45, 7) is 1.05. The molecule has 1 atom stereocenters. The molecule has 2 aromatic rings. The average Bonchev–Trinajstić information content (AvgIpc) is 2.55. The first-order valence-electron chi connectivity index (χ1n) is 7.22. The lowest BCUT2D eigenvalue weighted by Crippen LogP contribution is -2.37. The summed E-state index contributed by atoms with van der Waals surface area (Å²) in [6.07, 6.45) is 0.857. The molecule has 0 aliphatic carbocycles. The molecule has 2 aromatic carbocycles. The van der Waals surface area contributed by atoms with E-state index < -0.39 is 11.8 Å². The van der Waals surface area contributed by atoms with E-state index in [1.807, 2.05) is 24.3 Å². The third-order valence-corrected chi connectivity index (χ3v) is 3.63. The maximum atomic E-state index is 13.4. The Bertz CT molecular complexity index is 675. The van der Waals surface area contributed by atoms with Gasteiger partial charge in [-0.05, 0) is 30.2 Å². The van der Waals surface area contributed by atoms with E-state index in [2.05, 4.69) is 10.6 Å². The third kappa shape index (κ3) is 3.36. The highest BCUT2D eigenvalue weighted by molar-refractivity contribution is 5.89. The van der Waals surface area contributed by atoms with E-state index in [1.165, 1.54) is 12.1 Å². The molecule has 0 spiro atoms. The normalized spacial score (nSPS) is 16.3. The van der Waals surface area contributed by atoms with Crippen LogP contribution in [0.25, 0.3) is 0 Å². The topological polar surface area (TPSA) is 50.4 Å². The van der Waals surface area contributed by atoms with Crippen molar-refractivity contribution in [2.24, 2.45) is 5.92 Å². The van der Waals surface area contributed by atoms with E-state index in [1.54, 1.807) is 12.1 Å². The molecular formula is C17H17FN2O2. The number of urea groups is 1. The summed E-state index contributed by atoms with van der Waals surface area (Å²) in [6, 6.07) is 13.6. The van der Waals surface area contributed by atoms with Gasteiger partial charge in [-0.15, -0.1) is 0 Å². The number of para-hydroxylation sites is 2. The Hall–Kier alpha value is -2.56. The number of carbonyl (C=O) groups is 1. The zero-order chi connectivity index (χ0) is 15.4. The lowest BCUT2D eigenvalue weighted by atomic mass is 9.97. The SMILES string of the molecule is O=C(NCC1COc2ccccc2C1)Nc1ccccc1F. The number of rotatable bonds is 3. The number of ether oxygens (including phenoxy) is 1. The molecule has 1 unspecified atom stereocenters. The number of benzene rings is 2. The van der Waals surface area contributed by atoms with Crippen molar-refractivity contribution in [3.63, 3.8) is 0 Å². The Kier molecular flexibility index (Phi) is 4.23. The van der Waals surface area contributed by atoms with Crippen LogP contribution in [0.5, 0.6) is 5.75 Å². The molecule has 1 heterocycles. The van der Waals surface area contributed by atoms with E-state index in [4.69, 9.17) is 4.74 Å². The van der Waals surface area contributed by atoms with Crippen LogP contribution in [0.15, 0.2) is 48.5 Å². The van der Waals surface area contributed by atoms with Crippen LogP contribution >= 0.6 is 0 Å². The number of amides is 2. The number of hydrogen-bond acceptors (Lipinski definition) is 2. The highest BCUT2D eigenvalue weighted by Gasteiger charge is 2.20. The van der Waals surface area contributed by atoms with Gasteiger partial charge < -0.3 is 15.4 Å². The lowest BCUT2D eigenvalue weighted by Gasteiger charge is -2.25. The van der Waals surface area contributed by atoms with E-state index in [0.717, 1.165) is 17.7 Å². The van der Waals surface area contributed by atoms with Crippen molar-refractivity contribution in [1.29, 1.82) is 0 Å². The van der Waals surface area contributed by atoms with E-state index in [9.17, 15) is 9.18 Å². The molecular weight excluding hydrogens is 283 g/mol. The highest BCUT2D eigenvalue weighted by atomic mass is 19.1. The molecule has 22 heavy (non-hydrogen) atoms. The van der Waals surface area contributed by atoms with Gasteiger partial charge in [-0.25, -0.2) is 9.18 Å². The van der Waals surface area contributed by atoms with Gasteiger partial charge >= 0.3 is 6.03 Å². The third-order valence-electron chi connectivity index (χ3n) is 3.63. The first-order chi connectivity index (χ1) is 10.7. The van der Waals surface area contributed by atoms with Gasteiger partial charge in [0.1, 0.15) is 11.6 Å². The van der Waals surface area contributed by atoms with E-state index in [0.29, 0.717) is 13.2 Å². The molecule has 0 bridgehead atoms. The lowest BCUT2D eigenvalue weighted by molar-refractivity contribution is 0.215. The molecule has 1 aliphatic rings. The molecule has 0 radical (unpaired) electrons. The average molecular weight is 300 g/mol. The predicted molar refractivity (Wildman–Crippen MR) is 82.6 cm³/mol. The van der Waals surface area contributed by atoms with Crippen molar-refractivity contribution in [1.82, 2.24) is 5.32 Å². The number of nitrogens with one attached hydrogen (secondary N) is 2. The van der Waals surface area contributed by atoms with Gasteiger partial charge in [0.25, 0.3) is 0 Å². The standard InChI is InChI=1S/C17H17FN2O2/c18-14-6-2-3-7-15(14)20-17(21)19-10-12-9-13-5-1-4-8-16(13)22-11-12/h1-8,12H,9-11H2,(H2,19,20,21). The molecule has 0 saturated heterocycles. The zero-order valence-corrected chi connectivity index (χ0v) is 12.0. The Morgan fingerprint density at radius 1 is 1.18 bits per heavy atom. The van der Waals surface area contributed by atoms with Crippen molar-refractivity contribution < 1.29 is 13.9 Å². The zero-order valence-electron chi connectivity index (χ0n) is 12.0. The molecule has 1 aliphatic heterocycles. The van der Waals surface area contributed by atoms with Crippen LogP contribution in [-0.2, 0) is 6.42 Å².